The van der Waals surface area contributed by atoms with Crippen molar-refractivity contribution in [1.29, 1.82) is 0 Å². The van der Waals surface area contributed by atoms with Gasteiger partial charge in [0.2, 0.25) is 5.91 Å². The van der Waals surface area contributed by atoms with Crippen LogP contribution in [0.3, 0.4) is 0 Å². The van der Waals surface area contributed by atoms with E-state index in [4.69, 9.17) is 14.2 Å². The molecule has 0 aliphatic heterocycles. The van der Waals surface area contributed by atoms with E-state index in [0.717, 1.165) is 16.9 Å². The average Bonchev–Trinajstić information content (AvgIpc) is 2.64. The lowest BCUT2D eigenvalue weighted by Crippen LogP contribution is -2.19. The largest absolute Gasteiger partial charge is 0.497 e. The lowest BCUT2D eigenvalue weighted by atomic mass is 10.1. The molecule has 0 atom stereocenters. The third-order valence-corrected chi connectivity index (χ3v) is 3.56. The average molecular weight is 370 g/mol. The molecule has 144 valence electrons. The molecule has 0 aliphatic carbocycles. The lowest BCUT2D eigenvalue weighted by molar-refractivity contribution is -0.120. The topological polar surface area (TPSA) is 69.2 Å². The smallest absolute Gasteiger partial charge is 0.244 e. The van der Waals surface area contributed by atoms with Crippen LogP contribution in [-0.2, 0) is 11.2 Å². The SMILES string of the molecule is CCOc1cc(/C=N\NC(=O)Cc2ccc(OC)cc2)ccc1OC(C)C. The number of hydrogen-bond donors (Lipinski definition) is 1. The van der Waals surface area contributed by atoms with Crippen molar-refractivity contribution in [3.05, 3.63) is 53.6 Å². The van der Waals surface area contributed by atoms with Gasteiger partial charge in [-0.05, 0) is 62.2 Å². The fraction of sp³-hybridized carbons (Fsp3) is 0.333. The van der Waals surface area contributed by atoms with Gasteiger partial charge < -0.3 is 14.2 Å². The molecule has 0 bridgehead atoms. The Balaban J connectivity index is 1.95. The highest BCUT2D eigenvalue weighted by atomic mass is 16.5. The molecule has 2 aromatic rings. The summed E-state index contributed by atoms with van der Waals surface area (Å²) in [6.45, 7) is 6.37. The van der Waals surface area contributed by atoms with E-state index < -0.39 is 0 Å². The molecule has 27 heavy (non-hydrogen) atoms. The molecule has 0 saturated carbocycles. The second-order valence-corrected chi connectivity index (χ2v) is 6.12. The molecule has 0 radical (unpaired) electrons. The zero-order valence-electron chi connectivity index (χ0n) is 16.2. The van der Waals surface area contributed by atoms with Crippen LogP contribution in [-0.4, -0.2) is 31.9 Å². The standard InChI is InChI=1S/C21H26N2O4/c1-5-26-20-12-17(8-11-19(20)27-15(2)3)14-22-23-21(24)13-16-6-9-18(25-4)10-7-16/h6-12,14-15H,5,13H2,1-4H3,(H,23,24)/b22-14-. The minimum atomic E-state index is -0.193. The molecule has 0 spiro atoms. The number of carbonyl (C=O) groups is 1. The number of methoxy groups -OCH3 is 1. The molecule has 6 heteroatoms. The summed E-state index contributed by atoms with van der Waals surface area (Å²) in [5.41, 5.74) is 4.23. The number of ether oxygens (including phenoxy) is 3. The van der Waals surface area contributed by atoms with Crippen LogP contribution < -0.4 is 19.6 Å². The highest BCUT2D eigenvalue weighted by molar-refractivity contribution is 5.84. The Labute approximate surface area is 160 Å². The van der Waals surface area contributed by atoms with E-state index in [0.29, 0.717) is 18.1 Å². The Morgan fingerprint density at radius 1 is 1.15 bits per heavy atom. The van der Waals surface area contributed by atoms with Crippen molar-refractivity contribution in [2.75, 3.05) is 13.7 Å². The molecule has 2 rings (SSSR count). The van der Waals surface area contributed by atoms with Gasteiger partial charge in [-0.2, -0.15) is 5.10 Å². The van der Waals surface area contributed by atoms with E-state index in [1.807, 2.05) is 63.2 Å². The highest BCUT2D eigenvalue weighted by Gasteiger charge is 2.08. The van der Waals surface area contributed by atoms with Gasteiger partial charge in [0.1, 0.15) is 5.75 Å². The number of nitrogens with zero attached hydrogens (tertiary/aromatic N) is 1. The van der Waals surface area contributed by atoms with Crippen LogP contribution in [0.2, 0.25) is 0 Å². The summed E-state index contributed by atoms with van der Waals surface area (Å²) in [6.07, 6.45) is 1.88. The summed E-state index contributed by atoms with van der Waals surface area (Å²) >= 11 is 0. The van der Waals surface area contributed by atoms with Crippen molar-refractivity contribution in [2.45, 2.75) is 33.3 Å². The summed E-state index contributed by atoms with van der Waals surface area (Å²) in [4.78, 5) is 12.0. The molecule has 0 aromatic heterocycles. The Kier molecular flexibility index (Phi) is 7.67. The van der Waals surface area contributed by atoms with Gasteiger partial charge in [0.25, 0.3) is 0 Å². The number of rotatable bonds is 9. The molecule has 0 fully saturated rings. The summed E-state index contributed by atoms with van der Waals surface area (Å²) in [5, 5.41) is 4.02. The van der Waals surface area contributed by atoms with Gasteiger partial charge in [-0.15, -0.1) is 0 Å². The number of carbonyl (C=O) groups excluding carboxylic acids is 1. The van der Waals surface area contributed by atoms with E-state index in [9.17, 15) is 4.79 Å². The van der Waals surface area contributed by atoms with Crippen molar-refractivity contribution in [1.82, 2.24) is 5.43 Å². The molecule has 0 saturated heterocycles. The maximum Gasteiger partial charge on any atom is 0.244 e. The van der Waals surface area contributed by atoms with Gasteiger partial charge in [-0.25, -0.2) is 5.43 Å². The van der Waals surface area contributed by atoms with Gasteiger partial charge >= 0.3 is 0 Å². The van der Waals surface area contributed by atoms with E-state index in [2.05, 4.69) is 10.5 Å². The Hall–Kier alpha value is -3.02. The van der Waals surface area contributed by atoms with Crippen molar-refractivity contribution in [2.24, 2.45) is 5.10 Å². The van der Waals surface area contributed by atoms with Crippen molar-refractivity contribution in [3.63, 3.8) is 0 Å². The minimum absolute atomic E-state index is 0.0564. The minimum Gasteiger partial charge on any atom is -0.497 e. The first kappa shape index (κ1) is 20.3. The summed E-state index contributed by atoms with van der Waals surface area (Å²) < 4.78 is 16.5. The summed E-state index contributed by atoms with van der Waals surface area (Å²) in [7, 11) is 1.61. The first-order valence-corrected chi connectivity index (χ1v) is 8.90. The zero-order chi connectivity index (χ0) is 19.6. The van der Waals surface area contributed by atoms with Gasteiger partial charge in [-0.1, -0.05) is 12.1 Å². The Morgan fingerprint density at radius 2 is 1.89 bits per heavy atom. The fourth-order valence-corrected chi connectivity index (χ4v) is 2.37. The van der Waals surface area contributed by atoms with Gasteiger partial charge in [0, 0.05) is 0 Å². The van der Waals surface area contributed by atoms with E-state index in [-0.39, 0.29) is 18.4 Å². The van der Waals surface area contributed by atoms with Gasteiger partial charge in [0.05, 0.1) is 32.5 Å². The van der Waals surface area contributed by atoms with E-state index in [1.54, 1.807) is 13.3 Å². The first-order valence-electron chi connectivity index (χ1n) is 8.90. The molecule has 0 heterocycles. The molecule has 6 nitrogen and oxygen atoms in total. The van der Waals surface area contributed by atoms with Crippen LogP contribution in [0.5, 0.6) is 17.2 Å². The van der Waals surface area contributed by atoms with Crippen LogP contribution in [0.1, 0.15) is 31.9 Å². The third-order valence-electron chi connectivity index (χ3n) is 3.56. The van der Waals surface area contributed by atoms with Crippen molar-refractivity contribution < 1.29 is 19.0 Å². The van der Waals surface area contributed by atoms with Crippen molar-refractivity contribution >= 4 is 12.1 Å². The van der Waals surface area contributed by atoms with Crippen molar-refractivity contribution in [3.8, 4) is 17.2 Å². The second-order valence-electron chi connectivity index (χ2n) is 6.12. The second kappa shape index (κ2) is 10.2. The highest BCUT2D eigenvalue weighted by Crippen LogP contribution is 2.28. The molecule has 0 unspecified atom stereocenters. The first-order chi connectivity index (χ1) is 13.0. The van der Waals surface area contributed by atoms with Crippen LogP contribution in [0.25, 0.3) is 0 Å². The van der Waals surface area contributed by atoms with Gasteiger partial charge in [-0.3, -0.25) is 4.79 Å². The maximum absolute atomic E-state index is 12.0. The predicted molar refractivity (Wildman–Crippen MR) is 106 cm³/mol. The molecule has 1 amide bonds. The number of benzene rings is 2. The predicted octanol–water partition coefficient (Wildman–Crippen LogP) is 3.57. The molecular weight excluding hydrogens is 344 g/mol. The summed E-state index contributed by atoms with van der Waals surface area (Å²) in [6, 6.07) is 12.9. The number of nitrogens with one attached hydrogen (secondary N) is 1. The number of hydrazone groups is 1. The summed E-state index contributed by atoms with van der Waals surface area (Å²) in [5.74, 6) is 1.90. The van der Waals surface area contributed by atoms with E-state index >= 15 is 0 Å². The quantitative estimate of drug-likeness (QED) is 0.541. The number of hydrogen-bond acceptors (Lipinski definition) is 5. The number of amides is 1. The Bertz CT molecular complexity index is 770. The maximum atomic E-state index is 12.0. The zero-order valence-corrected chi connectivity index (χ0v) is 16.2. The lowest BCUT2D eigenvalue weighted by Gasteiger charge is -2.14. The van der Waals surface area contributed by atoms with Crippen LogP contribution in [0.4, 0.5) is 0 Å². The van der Waals surface area contributed by atoms with E-state index in [1.165, 1.54) is 0 Å². The molecular formula is C21H26N2O4. The van der Waals surface area contributed by atoms with Crippen LogP contribution in [0, 0.1) is 0 Å². The normalized spacial score (nSPS) is 10.9. The van der Waals surface area contributed by atoms with Gasteiger partial charge in [0.15, 0.2) is 11.5 Å². The monoisotopic (exact) mass is 370 g/mol. The van der Waals surface area contributed by atoms with Crippen LogP contribution in [0.15, 0.2) is 47.6 Å². The van der Waals surface area contributed by atoms with Crippen LogP contribution >= 0.6 is 0 Å². The molecule has 2 aromatic carbocycles. The molecule has 0 aliphatic rings. The molecule has 1 N–H and O–H groups in total. The fourth-order valence-electron chi connectivity index (χ4n) is 2.37. The Morgan fingerprint density at radius 3 is 2.52 bits per heavy atom. The third kappa shape index (κ3) is 6.66.